The molecule has 0 bridgehead atoms. The fourth-order valence-corrected chi connectivity index (χ4v) is 6.40. The van der Waals surface area contributed by atoms with E-state index in [0.717, 1.165) is 23.5 Å². The number of hydrogen-bond acceptors (Lipinski definition) is 18. The summed E-state index contributed by atoms with van der Waals surface area (Å²) in [7, 11) is -10.2. The van der Waals surface area contributed by atoms with E-state index < -0.39 is 89.7 Å². The Morgan fingerprint density at radius 2 is 1.96 bits per heavy atom. The van der Waals surface area contributed by atoms with E-state index in [1.165, 1.54) is 10.9 Å². The lowest BCUT2D eigenvalue weighted by molar-refractivity contribution is -0.158. The predicted octanol–water partition coefficient (Wildman–Crippen LogP) is -1.37. The number of aromatic nitrogens is 4. The molecule has 0 saturated carbocycles. The number of phosphoric acid groups is 2. The number of imidazole rings is 1. The van der Waals surface area contributed by atoms with Crippen molar-refractivity contribution in [3.05, 3.63) is 35.4 Å². The Morgan fingerprint density at radius 3 is 2.63 bits per heavy atom. The Labute approximate surface area is 292 Å². The van der Waals surface area contributed by atoms with Crippen LogP contribution >= 0.6 is 15.6 Å². The number of aliphatic hydroxyl groups excluding tert-OH is 1. The van der Waals surface area contributed by atoms with Gasteiger partial charge in [0.05, 0.1) is 19.5 Å². The smallest absolute Gasteiger partial charge is 0.455 e. The number of ether oxygens (including phenoxy) is 3. The van der Waals surface area contributed by atoms with Crippen LogP contribution in [0.4, 0.5) is 5.82 Å². The average molecular weight is 779 g/mol. The topological polar surface area (TPSA) is 402 Å². The summed E-state index contributed by atoms with van der Waals surface area (Å²) in [6, 6.07) is -1.23. The number of nitrogens with one attached hydrogen (secondary N) is 1. The summed E-state index contributed by atoms with van der Waals surface area (Å²) in [6.07, 6.45) is -5.61. The summed E-state index contributed by atoms with van der Waals surface area (Å²) in [4.78, 5) is 69.2. The number of carbonyl (C=O) groups is 2. The van der Waals surface area contributed by atoms with Crippen molar-refractivity contribution in [3.8, 4) is 0 Å². The lowest BCUT2D eigenvalue weighted by atomic mass is 10.1. The second-order valence-electron chi connectivity index (χ2n) is 11.1. The van der Waals surface area contributed by atoms with Crippen LogP contribution in [0.1, 0.15) is 25.5 Å². The molecule has 2 saturated heterocycles. The molecule has 2 aliphatic rings. The SMILES string of the molecule is [N-]=[N+]=NCCC[C@H](N)C(=O)O[C@H]1[C@@H](O)[C@H](n2cnc3c(N)ncnc32)O[C@@H]1COP(=O)(O)O[C@H]1C[C@H](N(C=O)/C=C\C(=N)N)O[C@@H]1COP(=O)(O)O. The number of aliphatic hydroxyl groups is 1. The number of phosphoric ester groups is 2. The zero-order valence-electron chi connectivity index (χ0n) is 26.8. The van der Waals surface area contributed by atoms with Crippen LogP contribution in [0.5, 0.6) is 0 Å². The maximum atomic E-state index is 13.2. The summed E-state index contributed by atoms with van der Waals surface area (Å²) >= 11 is 0. The zero-order chi connectivity index (χ0) is 38.2. The third kappa shape index (κ3) is 10.7. The van der Waals surface area contributed by atoms with Crippen LogP contribution in [0.25, 0.3) is 21.6 Å². The molecule has 2 aliphatic heterocycles. The Balaban J connectivity index is 1.52. The molecule has 4 rings (SSSR count). The van der Waals surface area contributed by atoms with Crippen LogP contribution in [-0.2, 0) is 46.5 Å². The van der Waals surface area contributed by atoms with Gasteiger partial charge in [0.2, 0.25) is 6.41 Å². The van der Waals surface area contributed by atoms with Crippen molar-refractivity contribution in [1.29, 1.82) is 5.41 Å². The summed E-state index contributed by atoms with van der Waals surface area (Å²) in [5, 5.41) is 22.0. The number of nitrogen functional groups attached to an aromatic ring is 1. The quantitative estimate of drug-likeness (QED) is 0.00938. The van der Waals surface area contributed by atoms with E-state index in [2.05, 4.69) is 29.5 Å². The van der Waals surface area contributed by atoms with E-state index in [1.54, 1.807) is 0 Å². The van der Waals surface area contributed by atoms with Gasteiger partial charge in [0.1, 0.15) is 54.4 Å². The minimum absolute atomic E-state index is 0.0120. The second kappa shape index (κ2) is 17.6. The first-order chi connectivity index (χ1) is 24.5. The maximum absolute atomic E-state index is 13.2. The summed E-state index contributed by atoms with van der Waals surface area (Å²) in [5.74, 6) is -1.41. The molecule has 0 spiro atoms. The van der Waals surface area contributed by atoms with Gasteiger partial charge in [-0.15, -0.1) is 0 Å². The molecule has 9 atom stereocenters. The number of azide groups is 1. The standard InChI is InChI=1S/C24H36N12O14P2/c25-12(2-1-4-33-34-29)24(39)49-20-15(48-23(19(20)38)36-10-32-18-21(28)30-9-31-22(18)36)8-46-52(43,44)50-13-6-17(35(11-37)5-3-16(26)27)47-14(13)7-45-51(40,41)42/h3,5,9-15,17,19-20,23,38H,1-2,4,6-8,25H2,(H3,26,27)(H,43,44)(H2,28,30,31)(H2,40,41,42)/b5-3-/t12-,13-,14+,15+,17+,19+,20+,23+/m0/s1. The molecule has 286 valence electrons. The number of fused-ring (bicyclic) bond motifs is 1. The maximum Gasteiger partial charge on any atom is 0.472 e. The van der Waals surface area contributed by atoms with Crippen LogP contribution < -0.4 is 17.2 Å². The molecule has 11 N–H and O–H groups in total. The minimum atomic E-state index is -5.17. The van der Waals surface area contributed by atoms with E-state index in [9.17, 15) is 38.5 Å². The van der Waals surface area contributed by atoms with Gasteiger partial charge in [-0.3, -0.25) is 38.0 Å². The van der Waals surface area contributed by atoms with Gasteiger partial charge in [0.15, 0.2) is 23.8 Å². The third-order valence-corrected chi connectivity index (χ3v) is 9.00. The molecular weight excluding hydrogens is 742 g/mol. The lowest BCUT2D eigenvalue weighted by Crippen LogP contribution is -2.43. The van der Waals surface area contributed by atoms with E-state index in [1.807, 2.05) is 0 Å². The fourth-order valence-electron chi connectivity index (χ4n) is 5.10. The lowest BCUT2D eigenvalue weighted by Gasteiger charge is -2.24. The third-order valence-electron chi connectivity index (χ3n) is 7.50. The minimum Gasteiger partial charge on any atom is -0.455 e. The number of anilines is 1. The monoisotopic (exact) mass is 778 g/mol. The average Bonchev–Trinajstić information content (AvgIpc) is 3.77. The van der Waals surface area contributed by atoms with Crippen LogP contribution in [0.2, 0.25) is 0 Å². The molecule has 28 heteroatoms. The van der Waals surface area contributed by atoms with Gasteiger partial charge in [-0.25, -0.2) is 24.1 Å². The van der Waals surface area contributed by atoms with Gasteiger partial charge in [-0.2, -0.15) is 0 Å². The molecule has 52 heavy (non-hydrogen) atoms. The zero-order valence-corrected chi connectivity index (χ0v) is 28.6. The van der Waals surface area contributed by atoms with Crippen molar-refractivity contribution in [1.82, 2.24) is 24.4 Å². The van der Waals surface area contributed by atoms with Crippen LogP contribution in [-0.4, -0.2) is 125 Å². The van der Waals surface area contributed by atoms with Crippen molar-refractivity contribution >= 4 is 50.8 Å². The van der Waals surface area contributed by atoms with Crippen LogP contribution in [0.3, 0.4) is 0 Å². The highest BCUT2D eigenvalue weighted by molar-refractivity contribution is 7.47. The van der Waals surface area contributed by atoms with Gasteiger partial charge in [0, 0.05) is 24.1 Å². The molecule has 1 amide bonds. The van der Waals surface area contributed by atoms with E-state index >= 15 is 0 Å². The van der Waals surface area contributed by atoms with Gasteiger partial charge in [-0.05, 0) is 24.4 Å². The number of amides is 1. The van der Waals surface area contributed by atoms with Gasteiger partial charge >= 0.3 is 21.6 Å². The Hall–Kier alpha value is -4.13. The number of amidine groups is 1. The molecule has 2 fully saturated rings. The number of esters is 1. The molecule has 0 aromatic carbocycles. The highest BCUT2D eigenvalue weighted by atomic mass is 31.2. The first-order valence-electron chi connectivity index (χ1n) is 15.0. The molecule has 0 aliphatic carbocycles. The Morgan fingerprint density at radius 1 is 1.23 bits per heavy atom. The number of nitrogens with two attached hydrogens (primary N) is 3. The predicted molar refractivity (Wildman–Crippen MR) is 172 cm³/mol. The van der Waals surface area contributed by atoms with Crippen molar-refractivity contribution in [3.63, 3.8) is 0 Å². The number of nitrogens with zero attached hydrogens (tertiary/aromatic N) is 8. The van der Waals surface area contributed by atoms with Crippen molar-refractivity contribution in [2.75, 3.05) is 25.5 Å². The molecule has 1 unspecified atom stereocenters. The molecule has 0 radical (unpaired) electrons. The van der Waals surface area contributed by atoms with Crippen molar-refractivity contribution in [2.24, 2.45) is 16.6 Å². The Kier molecular flexibility index (Phi) is 13.7. The normalized spacial score (nSPS) is 26.5. The van der Waals surface area contributed by atoms with E-state index in [0.29, 0.717) is 0 Å². The Bertz CT molecular complexity index is 1770. The fraction of sp³-hybridized carbons (Fsp3) is 0.583. The summed E-state index contributed by atoms with van der Waals surface area (Å²) < 4.78 is 57.8. The highest BCUT2D eigenvalue weighted by Crippen LogP contribution is 2.49. The van der Waals surface area contributed by atoms with Crippen LogP contribution in [0, 0.1) is 5.41 Å². The largest absolute Gasteiger partial charge is 0.472 e. The number of carbonyl (C=O) groups excluding carboxylic acids is 2. The van der Waals surface area contributed by atoms with E-state index in [4.69, 9.17) is 51.4 Å². The summed E-state index contributed by atoms with van der Waals surface area (Å²) in [6.45, 7) is -1.67. The van der Waals surface area contributed by atoms with Gasteiger partial charge < -0.3 is 51.2 Å². The molecule has 2 aromatic rings. The molecule has 2 aromatic heterocycles. The van der Waals surface area contributed by atoms with Gasteiger partial charge in [-0.1, -0.05) is 5.11 Å². The van der Waals surface area contributed by atoms with Crippen molar-refractivity contribution in [2.45, 2.75) is 68.3 Å². The molecular formula is C24H36N12O14P2. The highest BCUT2D eigenvalue weighted by Gasteiger charge is 2.50. The second-order valence-corrected chi connectivity index (χ2v) is 13.8. The number of hydrogen-bond donors (Lipinski definition) is 8. The number of rotatable bonds is 19. The summed E-state index contributed by atoms with van der Waals surface area (Å²) in [5.41, 5.74) is 25.8. The first-order valence-corrected chi connectivity index (χ1v) is 18.1. The van der Waals surface area contributed by atoms with Crippen molar-refractivity contribution < 1.29 is 66.3 Å². The van der Waals surface area contributed by atoms with Gasteiger partial charge in [0.25, 0.3) is 0 Å². The van der Waals surface area contributed by atoms with E-state index in [-0.39, 0.29) is 49.2 Å². The van der Waals surface area contributed by atoms with Crippen LogP contribution in [0.15, 0.2) is 30.0 Å². The first kappa shape index (κ1) is 40.6. The molecule has 26 nitrogen and oxygen atoms in total. The molecule has 4 heterocycles.